The number of aryl methyl sites for hydroxylation is 1. The molecule has 1 fully saturated rings. The van der Waals surface area contributed by atoms with Gasteiger partial charge >= 0.3 is 0 Å². The second-order valence-electron chi connectivity index (χ2n) is 8.06. The number of hydrogen-bond donors (Lipinski definition) is 2. The third-order valence-electron chi connectivity index (χ3n) is 5.87. The molecule has 0 spiro atoms. The molecule has 1 aromatic heterocycles. The van der Waals surface area contributed by atoms with Gasteiger partial charge in [0.2, 0.25) is 0 Å². The normalized spacial score (nSPS) is 23.8. The first-order valence-electron chi connectivity index (χ1n) is 10.4. The van der Waals surface area contributed by atoms with Crippen molar-refractivity contribution >= 4 is 11.3 Å². The van der Waals surface area contributed by atoms with Crippen molar-refractivity contribution in [2.75, 3.05) is 13.7 Å². The number of thiophene rings is 1. The number of rotatable bonds is 6. The molecule has 2 N–H and O–H groups in total. The van der Waals surface area contributed by atoms with Crippen molar-refractivity contribution in [2.45, 2.75) is 44.2 Å². The Hall–Kier alpha value is -2.09. The topological polar surface area (TPSA) is 58.9 Å². The molecule has 2 heterocycles. The molecule has 31 heavy (non-hydrogen) atoms. The molecular weight excluding hydrogens is 415 g/mol. The van der Waals surface area contributed by atoms with Gasteiger partial charge in [0.05, 0.1) is 18.8 Å². The van der Waals surface area contributed by atoms with Gasteiger partial charge in [0, 0.05) is 41.7 Å². The lowest BCUT2D eigenvalue weighted by molar-refractivity contribution is -0.298. The van der Waals surface area contributed by atoms with Crippen LogP contribution in [-0.2, 0) is 21.7 Å². The molecule has 164 valence electrons. The minimum Gasteiger partial charge on any atom is -0.394 e. The van der Waals surface area contributed by atoms with Gasteiger partial charge in [-0.15, -0.1) is 11.3 Å². The fraction of sp³-hybridized carbons (Fsp3) is 0.360. The highest BCUT2D eigenvalue weighted by molar-refractivity contribution is 7.15. The molecule has 3 atom stereocenters. The molecule has 4 rings (SSSR count). The van der Waals surface area contributed by atoms with E-state index in [0.717, 1.165) is 33.6 Å². The number of aliphatic hydroxyl groups excluding tert-OH is 2. The van der Waals surface area contributed by atoms with Crippen molar-refractivity contribution in [2.24, 2.45) is 0 Å². The number of hydrogen-bond acceptors (Lipinski definition) is 5. The van der Waals surface area contributed by atoms with Crippen molar-refractivity contribution in [3.05, 3.63) is 82.0 Å². The number of methoxy groups -OCH3 is 1. The summed E-state index contributed by atoms with van der Waals surface area (Å²) >= 11 is 1.69. The molecular formula is C25H27FO4S. The average molecular weight is 443 g/mol. The third kappa shape index (κ3) is 4.73. The van der Waals surface area contributed by atoms with Crippen molar-refractivity contribution in [3.8, 4) is 10.4 Å². The van der Waals surface area contributed by atoms with Crippen LogP contribution in [0.25, 0.3) is 10.4 Å². The van der Waals surface area contributed by atoms with E-state index in [4.69, 9.17) is 9.47 Å². The monoisotopic (exact) mass is 442 g/mol. The molecule has 0 aliphatic carbocycles. The summed E-state index contributed by atoms with van der Waals surface area (Å²) in [6, 6.07) is 16.8. The van der Waals surface area contributed by atoms with E-state index in [1.807, 2.05) is 12.1 Å². The standard InChI is InChI=1S/C25H27FO4S/c1-16-3-6-19(25(29-2)14-21(28)13-22(15-27)30-25)11-18(16)12-23-9-10-24(31-23)17-4-7-20(26)8-5-17/h3-11,21-22,27-28H,12-15H2,1-2H3. The Kier molecular flexibility index (Phi) is 6.55. The molecule has 1 saturated heterocycles. The average Bonchev–Trinajstić information content (AvgIpc) is 3.23. The van der Waals surface area contributed by atoms with E-state index < -0.39 is 18.0 Å². The summed E-state index contributed by atoms with van der Waals surface area (Å²) in [6.07, 6.45) is 0.380. The van der Waals surface area contributed by atoms with Gasteiger partial charge in [-0.05, 0) is 53.9 Å². The van der Waals surface area contributed by atoms with Crippen molar-refractivity contribution in [1.29, 1.82) is 0 Å². The van der Waals surface area contributed by atoms with Crippen LogP contribution in [0.4, 0.5) is 4.39 Å². The van der Waals surface area contributed by atoms with Crippen LogP contribution in [0.5, 0.6) is 0 Å². The summed E-state index contributed by atoms with van der Waals surface area (Å²) in [7, 11) is 1.57. The van der Waals surface area contributed by atoms with Crippen molar-refractivity contribution in [1.82, 2.24) is 0 Å². The number of benzene rings is 2. The molecule has 1 aliphatic heterocycles. The first kappa shape index (κ1) is 22.1. The minimum atomic E-state index is -1.08. The molecule has 0 bridgehead atoms. The molecule has 0 radical (unpaired) electrons. The first-order chi connectivity index (χ1) is 14.9. The fourth-order valence-electron chi connectivity index (χ4n) is 4.14. The quantitative estimate of drug-likeness (QED) is 0.577. The highest BCUT2D eigenvalue weighted by Crippen LogP contribution is 2.39. The second kappa shape index (κ2) is 9.18. The SMILES string of the molecule is COC1(c2ccc(C)c(Cc3ccc(-c4ccc(F)cc4)s3)c2)CC(O)CC(CO)O1. The van der Waals surface area contributed by atoms with E-state index in [9.17, 15) is 14.6 Å². The zero-order chi connectivity index (χ0) is 22.0. The van der Waals surface area contributed by atoms with Crippen LogP contribution >= 0.6 is 11.3 Å². The van der Waals surface area contributed by atoms with Crippen LogP contribution in [0.2, 0.25) is 0 Å². The number of aliphatic hydroxyl groups is 2. The summed E-state index contributed by atoms with van der Waals surface area (Å²) in [6.45, 7) is 1.91. The highest BCUT2D eigenvalue weighted by Gasteiger charge is 2.43. The van der Waals surface area contributed by atoms with Crippen molar-refractivity contribution < 1.29 is 24.1 Å². The number of halogens is 1. The van der Waals surface area contributed by atoms with Gasteiger partial charge in [-0.2, -0.15) is 0 Å². The Balaban J connectivity index is 1.60. The zero-order valence-electron chi connectivity index (χ0n) is 17.7. The Morgan fingerprint density at radius 1 is 1.16 bits per heavy atom. The van der Waals surface area contributed by atoms with E-state index in [0.29, 0.717) is 12.8 Å². The maximum atomic E-state index is 13.2. The molecule has 0 amide bonds. The smallest absolute Gasteiger partial charge is 0.197 e. The summed E-state index contributed by atoms with van der Waals surface area (Å²) < 4.78 is 25.1. The second-order valence-corrected chi connectivity index (χ2v) is 9.23. The Bertz CT molecular complexity index is 1030. The van der Waals surface area contributed by atoms with Crippen LogP contribution in [0.1, 0.15) is 34.4 Å². The molecule has 6 heteroatoms. The maximum Gasteiger partial charge on any atom is 0.197 e. The summed E-state index contributed by atoms with van der Waals surface area (Å²) in [5, 5.41) is 19.9. The zero-order valence-corrected chi connectivity index (χ0v) is 18.5. The van der Waals surface area contributed by atoms with Crippen LogP contribution in [0.3, 0.4) is 0 Å². The van der Waals surface area contributed by atoms with Crippen LogP contribution in [0, 0.1) is 12.7 Å². The van der Waals surface area contributed by atoms with Crippen LogP contribution in [-0.4, -0.2) is 36.1 Å². The first-order valence-corrected chi connectivity index (χ1v) is 11.2. The van der Waals surface area contributed by atoms with Gasteiger partial charge in [0.25, 0.3) is 0 Å². The van der Waals surface area contributed by atoms with Gasteiger partial charge < -0.3 is 19.7 Å². The third-order valence-corrected chi connectivity index (χ3v) is 7.01. The summed E-state index contributed by atoms with van der Waals surface area (Å²) in [5.41, 5.74) is 4.14. The van der Waals surface area contributed by atoms with Crippen LogP contribution in [0.15, 0.2) is 54.6 Å². The Morgan fingerprint density at radius 3 is 2.65 bits per heavy atom. The fourth-order valence-corrected chi connectivity index (χ4v) is 5.17. The summed E-state index contributed by atoms with van der Waals surface area (Å²) in [5.74, 6) is -1.32. The molecule has 3 unspecified atom stereocenters. The number of ether oxygens (including phenoxy) is 2. The molecule has 3 aromatic rings. The maximum absolute atomic E-state index is 13.2. The van der Waals surface area contributed by atoms with Gasteiger partial charge in [-0.3, -0.25) is 0 Å². The molecule has 1 aliphatic rings. The van der Waals surface area contributed by atoms with E-state index in [2.05, 4.69) is 25.1 Å². The van der Waals surface area contributed by atoms with Crippen molar-refractivity contribution in [3.63, 3.8) is 0 Å². The molecule has 4 nitrogen and oxygen atoms in total. The van der Waals surface area contributed by atoms with Gasteiger partial charge in [-0.1, -0.05) is 24.3 Å². The Labute approximate surface area is 185 Å². The predicted octanol–water partition coefficient (Wildman–Crippen LogP) is 4.78. The minimum absolute atomic E-state index is 0.164. The largest absolute Gasteiger partial charge is 0.394 e. The summed E-state index contributed by atoms with van der Waals surface area (Å²) in [4.78, 5) is 2.30. The van der Waals surface area contributed by atoms with Crippen LogP contribution < -0.4 is 0 Å². The van der Waals surface area contributed by atoms with E-state index in [1.165, 1.54) is 17.0 Å². The van der Waals surface area contributed by atoms with E-state index >= 15 is 0 Å². The van der Waals surface area contributed by atoms with E-state index in [1.54, 1.807) is 30.6 Å². The van der Waals surface area contributed by atoms with Gasteiger partial charge in [0.15, 0.2) is 5.79 Å². The molecule has 0 saturated carbocycles. The van der Waals surface area contributed by atoms with Gasteiger partial charge in [0.1, 0.15) is 5.82 Å². The predicted molar refractivity (Wildman–Crippen MR) is 120 cm³/mol. The molecule has 2 aromatic carbocycles. The van der Waals surface area contributed by atoms with Gasteiger partial charge in [-0.25, -0.2) is 4.39 Å². The highest BCUT2D eigenvalue weighted by atomic mass is 32.1. The van der Waals surface area contributed by atoms with E-state index in [-0.39, 0.29) is 12.4 Å². The lowest BCUT2D eigenvalue weighted by Crippen LogP contribution is -2.46. The lowest BCUT2D eigenvalue weighted by atomic mass is 9.90. The lowest BCUT2D eigenvalue weighted by Gasteiger charge is -2.42. The Morgan fingerprint density at radius 2 is 1.94 bits per heavy atom.